The van der Waals surface area contributed by atoms with Crippen LogP contribution in [0.4, 0.5) is 13.2 Å². The topological polar surface area (TPSA) is 89.9 Å². The minimum absolute atomic E-state index is 0.102. The summed E-state index contributed by atoms with van der Waals surface area (Å²) in [5.41, 5.74) is -1.60. The highest BCUT2D eigenvalue weighted by Gasteiger charge is 2.39. The van der Waals surface area contributed by atoms with E-state index in [2.05, 4.69) is 8.71 Å². The van der Waals surface area contributed by atoms with Crippen LogP contribution < -0.4 is 0 Å². The fraction of sp³-hybridized carbons (Fsp3) is 0.538. The SMILES string of the molecule is Cc1cccc(C(F)(F)F)c1S(=O)(=O)OCP(=O)(O)OCC(C)C. The Bertz CT molecular complexity index is 730. The van der Waals surface area contributed by atoms with E-state index < -0.39 is 40.7 Å². The molecule has 1 unspecified atom stereocenters. The number of benzene rings is 1. The van der Waals surface area contributed by atoms with Gasteiger partial charge in [-0.25, -0.2) is 0 Å². The molecule has 1 N–H and O–H groups in total. The van der Waals surface area contributed by atoms with Crippen LogP contribution in [-0.2, 0) is 29.6 Å². The highest BCUT2D eigenvalue weighted by molar-refractivity contribution is 7.87. The second-order valence-electron chi connectivity index (χ2n) is 5.48. The average Bonchev–Trinajstić information content (AvgIpc) is 2.42. The normalized spacial score (nSPS) is 15.5. The Hall–Kier alpha value is -0.930. The van der Waals surface area contributed by atoms with Gasteiger partial charge in [0, 0.05) is 0 Å². The number of hydrogen-bond donors (Lipinski definition) is 1. The summed E-state index contributed by atoms with van der Waals surface area (Å²) >= 11 is 0. The second-order valence-corrected chi connectivity index (χ2v) is 8.82. The first kappa shape index (κ1) is 21.1. The summed E-state index contributed by atoms with van der Waals surface area (Å²) in [6.07, 6.45) is -6.19. The molecule has 0 aromatic heterocycles. The van der Waals surface area contributed by atoms with Gasteiger partial charge in [-0.1, -0.05) is 26.0 Å². The molecule has 0 fully saturated rings. The molecule has 24 heavy (non-hydrogen) atoms. The molecule has 1 atom stereocenters. The van der Waals surface area contributed by atoms with Gasteiger partial charge in [0.15, 0.2) is 6.35 Å². The molecule has 1 aromatic rings. The van der Waals surface area contributed by atoms with Crippen LogP contribution in [0.2, 0.25) is 0 Å². The van der Waals surface area contributed by atoms with E-state index in [4.69, 9.17) is 0 Å². The fourth-order valence-electron chi connectivity index (χ4n) is 1.71. The van der Waals surface area contributed by atoms with E-state index in [-0.39, 0.29) is 18.1 Å². The van der Waals surface area contributed by atoms with E-state index in [1.165, 1.54) is 13.0 Å². The van der Waals surface area contributed by atoms with Crippen molar-refractivity contribution in [1.82, 2.24) is 0 Å². The van der Waals surface area contributed by atoms with Crippen molar-refractivity contribution in [3.05, 3.63) is 29.3 Å². The Morgan fingerprint density at radius 1 is 1.29 bits per heavy atom. The molecule has 0 radical (unpaired) electrons. The van der Waals surface area contributed by atoms with Crippen molar-refractivity contribution >= 4 is 17.7 Å². The van der Waals surface area contributed by atoms with E-state index in [1.54, 1.807) is 13.8 Å². The summed E-state index contributed by atoms with van der Waals surface area (Å²) in [4.78, 5) is 8.41. The lowest BCUT2D eigenvalue weighted by Gasteiger charge is -2.17. The Morgan fingerprint density at radius 3 is 2.38 bits per heavy atom. The fourth-order valence-corrected chi connectivity index (χ4v) is 4.43. The highest BCUT2D eigenvalue weighted by atomic mass is 32.2. The quantitative estimate of drug-likeness (QED) is 0.566. The highest BCUT2D eigenvalue weighted by Crippen LogP contribution is 2.44. The van der Waals surface area contributed by atoms with Gasteiger partial charge in [0.2, 0.25) is 0 Å². The van der Waals surface area contributed by atoms with Gasteiger partial charge in [-0.15, -0.1) is 0 Å². The predicted octanol–water partition coefficient (Wildman–Crippen LogP) is 3.53. The van der Waals surface area contributed by atoms with E-state index >= 15 is 0 Å². The summed E-state index contributed by atoms with van der Waals surface area (Å²) in [6, 6.07) is 2.82. The van der Waals surface area contributed by atoms with Gasteiger partial charge < -0.3 is 9.42 Å². The Morgan fingerprint density at radius 2 is 1.88 bits per heavy atom. The number of alkyl halides is 3. The second kappa shape index (κ2) is 7.53. The van der Waals surface area contributed by atoms with Crippen LogP contribution in [0.1, 0.15) is 25.0 Å². The molecule has 0 spiro atoms. The lowest BCUT2D eigenvalue weighted by Crippen LogP contribution is -2.17. The van der Waals surface area contributed by atoms with Gasteiger partial charge in [0.05, 0.1) is 12.2 Å². The lowest BCUT2D eigenvalue weighted by molar-refractivity contribution is -0.140. The monoisotopic (exact) mass is 390 g/mol. The molecular weight excluding hydrogens is 372 g/mol. The maximum atomic E-state index is 13.0. The van der Waals surface area contributed by atoms with Crippen LogP contribution in [0.3, 0.4) is 0 Å². The molecule has 0 saturated heterocycles. The molecule has 0 aliphatic carbocycles. The Labute approximate surface area is 138 Å². The van der Waals surface area contributed by atoms with E-state index in [1.807, 2.05) is 0 Å². The van der Waals surface area contributed by atoms with Gasteiger partial charge in [0.25, 0.3) is 10.1 Å². The molecular formula is C13H18F3O6PS. The standard InChI is InChI=1S/C13H18F3O6PS/c1-9(2)7-21-23(17,18)8-22-24(19,20)12-10(3)5-4-6-11(12)13(14,15)16/h4-6,9H,7-8H2,1-3H3,(H,17,18). The zero-order valence-corrected chi connectivity index (χ0v) is 14.9. The molecule has 0 bridgehead atoms. The van der Waals surface area contributed by atoms with Crippen molar-refractivity contribution in [2.24, 2.45) is 5.92 Å². The zero-order valence-electron chi connectivity index (χ0n) is 13.2. The van der Waals surface area contributed by atoms with Crippen molar-refractivity contribution in [2.45, 2.75) is 31.8 Å². The third-order valence-electron chi connectivity index (χ3n) is 2.75. The maximum absolute atomic E-state index is 13.0. The van der Waals surface area contributed by atoms with Gasteiger partial charge in [-0.05, 0) is 24.5 Å². The van der Waals surface area contributed by atoms with Crippen LogP contribution in [0, 0.1) is 12.8 Å². The number of halogens is 3. The Balaban J connectivity index is 3.09. The van der Waals surface area contributed by atoms with Gasteiger partial charge in [-0.3, -0.25) is 8.75 Å². The smallest absolute Gasteiger partial charge is 0.323 e. The number of hydrogen-bond acceptors (Lipinski definition) is 5. The summed E-state index contributed by atoms with van der Waals surface area (Å²) in [5, 5.41) is 0. The van der Waals surface area contributed by atoms with Crippen LogP contribution in [0.25, 0.3) is 0 Å². The maximum Gasteiger partial charge on any atom is 0.417 e. The number of aryl methyl sites for hydroxylation is 1. The average molecular weight is 390 g/mol. The lowest BCUT2D eigenvalue weighted by atomic mass is 10.1. The van der Waals surface area contributed by atoms with Gasteiger partial charge >= 0.3 is 13.8 Å². The molecule has 11 heteroatoms. The zero-order chi connectivity index (χ0) is 18.8. The minimum Gasteiger partial charge on any atom is -0.323 e. The summed E-state index contributed by atoms with van der Waals surface area (Å²) in [6.45, 7) is 4.43. The molecule has 138 valence electrons. The van der Waals surface area contributed by atoms with Gasteiger partial charge in [-0.2, -0.15) is 21.6 Å². The molecule has 0 heterocycles. The van der Waals surface area contributed by atoms with E-state index in [9.17, 15) is 31.0 Å². The molecule has 0 aliphatic heterocycles. The summed E-state index contributed by atoms with van der Waals surface area (Å²) in [5.74, 6) is -0.102. The molecule has 0 aliphatic rings. The van der Waals surface area contributed by atoms with Crippen LogP contribution in [0.15, 0.2) is 23.1 Å². The van der Waals surface area contributed by atoms with Crippen molar-refractivity contribution in [1.29, 1.82) is 0 Å². The first-order chi connectivity index (χ1) is 10.8. The molecule has 6 nitrogen and oxygen atoms in total. The molecule has 0 amide bonds. The Kier molecular flexibility index (Phi) is 6.62. The van der Waals surface area contributed by atoms with E-state index in [0.717, 1.165) is 6.07 Å². The minimum atomic E-state index is -4.92. The van der Waals surface area contributed by atoms with E-state index in [0.29, 0.717) is 6.07 Å². The van der Waals surface area contributed by atoms with Crippen LogP contribution in [-0.4, -0.2) is 26.3 Å². The largest absolute Gasteiger partial charge is 0.417 e. The van der Waals surface area contributed by atoms with Crippen LogP contribution in [0.5, 0.6) is 0 Å². The molecule has 0 saturated carbocycles. The first-order valence-electron chi connectivity index (χ1n) is 6.79. The van der Waals surface area contributed by atoms with Gasteiger partial charge in [0.1, 0.15) is 4.90 Å². The van der Waals surface area contributed by atoms with Crippen molar-refractivity contribution in [3.8, 4) is 0 Å². The number of rotatable bonds is 7. The van der Waals surface area contributed by atoms with Crippen molar-refractivity contribution < 1.29 is 39.8 Å². The van der Waals surface area contributed by atoms with Crippen molar-refractivity contribution in [3.63, 3.8) is 0 Å². The predicted molar refractivity (Wildman–Crippen MR) is 79.9 cm³/mol. The summed E-state index contributed by atoms with van der Waals surface area (Å²) < 4.78 is 83.9. The molecule has 1 rings (SSSR count). The third kappa shape index (κ3) is 5.86. The van der Waals surface area contributed by atoms with Crippen molar-refractivity contribution in [2.75, 3.05) is 13.0 Å². The molecule has 1 aromatic carbocycles. The third-order valence-corrected chi connectivity index (χ3v) is 5.40. The van der Waals surface area contributed by atoms with Crippen LogP contribution >= 0.6 is 7.60 Å². The first-order valence-corrected chi connectivity index (χ1v) is 9.96. The summed E-state index contributed by atoms with van der Waals surface area (Å²) in [7, 11) is -9.33.